The normalized spacial score (nSPS) is 10.9. The molecule has 1 amide bonds. The summed E-state index contributed by atoms with van der Waals surface area (Å²) in [6.07, 6.45) is 1.32. The van der Waals surface area contributed by atoms with Crippen LogP contribution in [0.4, 0.5) is 11.4 Å². The van der Waals surface area contributed by atoms with Gasteiger partial charge in [-0.25, -0.2) is 4.98 Å². The first-order chi connectivity index (χ1) is 14.8. The topological polar surface area (TPSA) is 107 Å². The number of rotatable bonds is 5. The Morgan fingerprint density at radius 3 is 2.68 bits per heavy atom. The zero-order valence-electron chi connectivity index (χ0n) is 16.2. The number of nitro benzene ring substituents is 1. The summed E-state index contributed by atoms with van der Waals surface area (Å²) in [5, 5.41) is 14.2. The van der Waals surface area contributed by atoms with Crippen molar-refractivity contribution in [1.29, 1.82) is 0 Å². The van der Waals surface area contributed by atoms with E-state index in [1.807, 2.05) is 18.2 Å². The third-order valence-electron chi connectivity index (χ3n) is 4.65. The second-order valence-corrected chi connectivity index (χ2v) is 8.30. The lowest BCUT2D eigenvalue weighted by Crippen LogP contribution is -2.27. The van der Waals surface area contributed by atoms with Gasteiger partial charge < -0.3 is 5.32 Å². The fourth-order valence-electron chi connectivity index (χ4n) is 3.02. The molecular weight excluding hydrogens is 440 g/mol. The third-order valence-corrected chi connectivity index (χ3v) is 6.07. The quantitative estimate of drug-likeness (QED) is 0.349. The summed E-state index contributed by atoms with van der Waals surface area (Å²) in [5.74, 6) is -0.485. The zero-order valence-corrected chi connectivity index (χ0v) is 17.7. The number of hydrogen-bond acceptors (Lipinski definition) is 6. The Morgan fingerprint density at radius 1 is 1.23 bits per heavy atom. The Hall–Kier alpha value is -3.56. The predicted molar refractivity (Wildman–Crippen MR) is 121 cm³/mol. The first-order valence-corrected chi connectivity index (χ1v) is 10.3. The Kier molecular flexibility index (Phi) is 5.53. The van der Waals surface area contributed by atoms with Gasteiger partial charge in [0.1, 0.15) is 11.2 Å². The van der Waals surface area contributed by atoms with E-state index in [-0.39, 0.29) is 17.8 Å². The van der Waals surface area contributed by atoms with E-state index in [1.165, 1.54) is 34.4 Å². The Bertz CT molecular complexity index is 1380. The van der Waals surface area contributed by atoms with Crippen molar-refractivity contribution in [2.24, 2.45) is 0 Å². The van der Waals surface area contributed by atoms with Crippen LogP contribution in [-0.4, -0.2) is 20.4 Å². The maximum absolute atomic E-state index is 12.9. The van der Waals surface area contributed by atoms with Gasteiger partial charge in [-0.05, 0) is 36.2 Å². The fourth-order valence-corrected chi connectivity index (χ4v) is 4.21. The number of benzene rings is 2. The van der Waals surface area contributed by atoms with Crippen molar-refractivity contribution in [3.8, 4) is 10.4 Å². The van der Waals surface area contributed by atoms with Crippen LogP contribution < -0.4 is 10.9 Å². The van der Waals surface area contributed by atoms with E-state index in [0.717, 1.165) is 10.4 Å². The van der Waals surface area contributed by atoms with Crippen LogP contribution in [-0.2, 0) is 11.3 Å². The molecule has 4 aromatic rings. The zero-order chi connectivity index (χ0) is 22.1. The molecule has 2 heterocycles. The van der Waals surface area contributed by atoms with Gasteiger partial charge in [0, 0.05) is 22.0 Å². The van der Waals surface area contributed by atoms with Crippen LogP contribution in [0, 0.1) is 17.0 Å². The molecule has 0 saturated carbocycles. The number of carbonyl (C=O) groups is 1. The number of non-ortho nitro benzene ring substituents is 1. The minimum absolute atomic E-state index is 0.130. The average Bonchev–Trinajstić information content (AvgIpc) is 3.17. The van der Waals surface area contributed by atoms with Gasteiger partial charge in [-0.2, -0.15) is 0 Å². The molecule has 156 valence electrons. The van der Waals surface area contributed by atoms with Gasteiger partial charge in [0.2, 0.25) is 5.91 Å². The highest BCUT2D eigenvalue weighted by Gasteiger charge is 2.15. The van der Waals surface area contributed by atoms with Gasteiger partial charge in [0.05, 0.1) is 22.5 Å². The molecule has 10 heteroatoms. The second kappa shape index (κ2) is 8.29. The van der Waals surface area contributed by atoms with Crippen LogP contribution in [0.25, 0.3) is 20.7 Å². The molecule has 0 saturated heterocycles. The fraction of sp³-hybridized carbons (Fsp3) is 0.0952. The predicted octanol–water partition coefficient (Wildman–Crippen LogP) is 4.63. The highest BCUT2D eigenvalue weighted by Crippen LogP contribution is 2.31. The van der Waals surface area contributed by atoms with Gasteiger partial charge >= 0.3 is 0 Å². The maximum atomic E-state index is 12.9. The lowest BCUT2D eigenvalue weighted by Gasteiger charge is -2.09. The molecule has 0 aliphatic carbocycles. The Labute approximate surface area is 184 Å². The number of aryl methyl sites for hydroxylation is 1. The smallest absolute Gasteiger partial charge is 0.271 e. The molecule has 0 radical (unpaired) electrons. The number of nitrogens with zero attached hydrogens (tertiary/aromatic N) is 3. The number of nitrogens with one attached hydrogen (secondary N) is 1. The minimum Gasteiger partial charge on any atom is -0.324 e. The van der Waals surface area contributed by atoms with E-state index in [0.29, 0.717) is 26.5 Å². The standard InChI is InChI=1S/C21H15ClN4O4S/c1-12-2-7-15(26(29)30)8-16(12)24-19(27)10-25-11-23-17-9-18(31-20(17)21(25)28)13-3-5-14(22)6-4-13/h2-9,11H,10H2,1H3,(H,24,27). The van der Waals surface area contributed by atoms with Crippen LogP contribution in [0.2, 0.25) is 5.02 Å². The summed E-state index contributed by atoms with van der Waals surface area (Å²) in [4.78, 5) is 40.9. The van der Waals surface area contributed by atoms with Crippen LogP contribution in [0.5, 0.6) is 0 Å². The number of carbonyl (C=O) groups excluding carboxylic acids is 1. The lowest BCUT2D eigenvalue weighted by molar-refractivity contribution is -0.384. The van der Waals surface area contributed by atoms with Gasteiger partial charge in [-0.15, -0.1) is 11.3 Å². The molecule has 0 fully saturated rings. The second-order valence-electron chi connectivity index (χ2n) is 6.81. The van der Waals surface area contributed by atoms with Crippen LogP contribution in [0.1, 0.15) is 5.56 Å². The van der Waals surface area contributed by atoms with Crippen LogP contribution >= 0.6 is 22.9 Å². The van der Waals surface area contributed by atoms with Crippen molar-refractivity contribution in [3.05, 3.63) is 85.9 Å². The molecule has 0 aliphatic heterocycles. The molecule has 2 aromatic carbocycles. The molecule has 2 aromatic heterocycles. The van der Waals surface area contributed by atoms with E-state index in [9.17, 15) is 19.7 Å². The van der Waals surface area contributed by atoms with E-state index < -0.39 is 10.8 Å². The van der Waals surface area contributed by atoms with Crippen molar-refractivity contribution in [3.63, 3.8) is 0 Å². The van der Waals surface area contributed by atoms with Crippen molar-refractivity contribution >= 4 is 50.4 Å². The Balaban J connectivity index is 1.59. The molecule has 0 atom stereocenters. The monoisotopic (exact) mass is 454 g/mol. The summed E-state index contributed by atoms with van der Waals surface area (Å²) < 4.78 is 1.65. The van der Waals surface area contributed by atoms with Crippen molar-refractivity contribution in [1.82, 2.24) is 9.55 Å². The van der Waals surface area contributed by atoms with Crippen LogP contribution in [0.3, 0.4) is 0 Å². The summed E-state index contributed by atoms with van der Waals surface area (Å²) in [6.45, 7) is 1.46. The molecule has 8 nitrogen and oxygen atoms in total. The summed E-state index contributed by atoms with van der Waals surface area (Å²) in [5.41, 5.74) is 1.99. The third kappa shape index (κ3) is 4.32. The van der Waals surface area contributed by atoms with Gasteiger partial charge in [-0.3, -0.25) is 24.3 Å². The van der Waals surface area contributed by atoms with Crippen molar-refractivity contribution in [2.45, 2.75) is 13.5 Å². The number of thiophene rings is 1. The summed E-state index contributed by atoms with van der Waals surface area (Å²) in [7, 11) is 0. The van der Waals surface area contributed by atoms with Gasteiger partial charge in [0.15, 0.2) is 0 Å². The first-order valence-electron chi connectivity index (χ1n) is 9.11. The van der Waals surface area contributed by atoms with E-state index in [4.69, 9.17) is 11.6 Å². The van der Waals surface area contributed by atoms with E-state index in [2.05, 4.69) is 10.3 Å². The summed E-state index contributed by atoms with van der Waals surface area (Å²) in [6, 6.07) is 13.3. The van der Waals surface area contributed by atoms with Crippen LogP contribution in [0.15, 0.2) is 59.7 Å². The number of aromatic nitrogens is 2. The SMILES string of the molecule is Cc1ccc([N+](=O)[O-])cc1NC(=O)Cn1cnc2cc(-c3ccc(Cl)cc3)sc2c1=O. The minimum atomic E-state index is -0.535. The molecule has 1 N–H and O–H groups in total. The molecular formula is C21H15ClN4O4S. The highest BCUT2D eigenvalue weighted by atomic mass is 35.5. The van der Waals surface area contributed by atoms with E-state index in [1.54, 1.807) is 25.1 Å². The molecule has 4 rings (SSSR count). The number of nitro groups is 1. The number of anilines is 1. The maximum Gasteiger partial charge on any atom is 0.271 e. The largest absolute Gasteiger partial charge is 0.324 e. The highest BCUT2D eigenvalue weighted by molar-refractivity contribution is 7.22. The number of amides is 1. The first kappa shape index (κ1) is 20.7. The molecule has 0 spiro atoms. The number of fused-ring (bicyclic) bond motifs is 1. The molecule has 0 unspecified atom stereocenters. The number of hydrogen-bond donors (Lipinski definition) is 1. The Morgan fingerprint density at radius 2 is 1.97 bits per heavy atom. The van der Waals surface area contributed by atoms with Gasteiger partial charge in [-0.1, -0.05) is 29.8 Å². The molecule has 31 heavy (non-hydrogen) atoms. The van der Waals surface area contributed by atoms with Crippen molar-refractivity contribution in [2.75, 3.05) is 5.32 Å². The average molecular weight is 455 g/mol. The van der Waals surface area contributed by atoms with Gasteiger partial charge in [0.25, 0.3) is 11.2 Å². The van der Waals surface area contributed by atoms with E-state index >= 15 is 0 Å². The molecule has 0 aliphatic rings. The van der Waals surface area contributed by atoms with Crippen molar-refractivity contribution < 1.29 is 9.72 Å². The number of halogens is 1. The molecule has 0 bridgehead atoms. The summed E-state index contributed by atoms with van der Waals surface area (Å²) >= 11 is 7.22. The lowest BCUT2D eigenvalue weighted by atomic mass is 10.2.